The maximum atomic E-state index is 12.4. The fraction of sp³-hybridized carbons (Fsp3) is 0.524. The normalized spacial score (nSPS) is 14.7. The quantitative estimate of drug-likeness (QED) is 0.752. The zero-order valence-corrected chi connectivity index (χ0v) is 18.4. The third-order valence-electron chi connectivity index (χ3n) is 4.95. The second kappa shape index (κ2) is 9.47. The van der Waals surface area contributed by atoms with Gasteiger partial charge in [0.15, 0.2) is 5.82 Å². The molecule has 1 aromatic carbocycles. The van der Waals surface area contributed by atoms with Gasteiger partial charge in [-0.1, -0.05) is 43.6 Å². The molecular weight excluding hydrogens is 406 g/mol. The van der Waals surface area contributed by atoms with E-state index in [2.05, 4.69) is 20.4 Å². The van der Waals surface area contributed by atoms with Crippen LogP contribution in [0.15, 0.2) is 28.8 Å². The van der Waals surface area contributed by atoms with Gasteiger partial charge in [-0.3, -0.25) is 9.59 Å². The second-order valence-corrected chi connectivity index (χ2v) is 8.82. The minimum absolute atomic E-state index is 0.00687. The minimum atomic E-state index is -0.212. The van der Waals surface area contributed by atoms with E-state index in [1.807, 2.05) is 45.0 Å². The predicted molar refractivity (Wildman–Crippen MR) is 115 cm³/mol. The molecule has 0 saturated carbocycles. The van der Waals surface area contributed by atoms with Crippen molar-refractivity contribution in [3.8, 4) is 0 Å². The monoisotopic (exact) mass is 433 g/mol. The number of carbonyl (C=O) groups is 2. The second-order valence-electron chi connectivity index (χ2n) is 8.39. The van der Waals surface area contributed by atoms with Crippen molar-refractivity contribution >= 4 is 29.1 Å². The van der Waals surface area contributed by atoms with Crippen molar-refractivity contribution in [2.45, 2.75) is 39.0 Å². The van der Waals surface area contributed by atoms with E-state index in [1.165, 1.54) is 0 Å². The fourth-order valence-corrected chi connectivity index (χ4v) is 3.33. The number of anilines is 1. The molecule has 1 aromatic heterocycles. The van der Waals surface area contributed by atoms with E-state index in [0.29, 0.717) is 36.2 Å². The highest BCUT2D eigenvalue weighted by molar-refractivity contribution is 6.30. The molecule has 162 valence electrons. The molecule has 0 spiro atoms. The molecule has 1 saturated heterocycles. The first-order valence-electron chi connectivity index (χ1n) is 10.1. The van der Waals surface area contributed by atoms with Gasteiger partial charge in [0.25, 0.3) is 0 Å². The van der Waals surface area contributed by atoms with E-state index in [4.69, 9.17) is 16.1 Å². The highest BCUT2D eigenvalue weighted by Gasteiger charge is 2.23. The number of hydrogen-bond donors (Lipinski definition) is 1. The zero-order chi connectivity index (χ0) is 21.7. The average molecular weight is 434 g/mol. The van der Waals surface area contributed by atoms with Crippen LogP contribution in [0.1, 0.15) is 38.9 Å². The van der Waals surface area contributed by atoms with E-state index >= 15 is 0 Å². The minimum Gasteiger partial charge on any atom is -0.368 e. The summed E-state index contributed by atoms with van der Waals surface area (Å²) in [6.45, 7) is 8.66. The maximum absolute atomic E-state index is 12.4. The van der Waals surface area contributed by atoms with Gasteiger partial charge in [-0.2, -0.15) is 4.98 Å². The Morgan fingerprint density at radius 3 is 2.57 bits per heavy atom. The predicted octanol–water partition coefficient (Wildman–Crippen LogP) is 2.42. The molecule has 2 heterocycles. The van der Waals surface area contributed by atoms with Crippen LogP contribution in [0.5, 0.6) is 0 Å². The molecule has 1 aliphatic rings. The first-order valence-corrected chi connectivity index (χ1v) is 10.5. The Kier molecular flexibility index (Phi) is 6.97. The number of aromatic nitrogens is 2. The molecule has 0 bridgehead atoms. The molecule has 30 heavy (non-hydrogen) atoms. The van der Waals surface area contributed by atoms with Crippen LogP contribution >= 0.6 is 11.6 Å². The largest absolute Gasteiger partial charge is 0.368 e. The van der Waals surface area contributed by atoms with Gasteiger partial charge in [0.1, 0.15) is 0 Å². The van der Waals surface area contributed by atoms with Gasteiger partial charge in [0.2, 0.25) is 17.7 Å². The highest BCUT2D eigenvalue weighted by atomic mass is 35.5. The maximum Gasteiger partial charge on any atom is 0.242 e. The number of benzene rings is 1. The summed E-state index contributed by atoms with van der Waals surface area (Å²) in [5, 5.41) is 7.33. The Morgan fingerprint density at radius 1 is 1.20 bits per heavy atom. The number of nitrogens with one attached hydrogen (secondary N) is 1. The van der Waals surface area contributed by atoms with Crippen molar-refractivity contribution in [2.24, 2.45) is 0 Å². The lowest BCUT2D eigenvalue weighted by molar-refractivity contribution is -0.133. The highest BCUT2D eigenvalue weighted by Crippen LogP contribution is 2.21. The Balaban J connectivity index is 1.38. The van der Waals surface area contributed by atoms with Crippen LogP contribution in [-0.2, 0) is 21.4 Å². The van der Waals surface area contributed by atoms with Crippen LogP contribution in [-0.4, -0.2) is 59.6 Å². The van der Waals surface area contributed by atoms with Crippen LogP contribution < -0.4 is 10.2 Å². The van der Waals surface area contributed by atoms with Crippen molar-refractivity contribution in [3.63, 3.8) is 0 Å². The zero-order valence-electron chi connectivity index (χ0n) is 17.7. The van der Waals surface area contributed by atoms with Gasteiger partial charge in [0, 0.05) is 55.1 Å². The van der Waals surface area contributed by atoms with Gasteiger partial charge in [-0.25, -0.2) is 0 Å². The van der Waals surface area contributed by atoms with E-state index in [1.54, 1.807) is 4.90 Å². The summed E-state index contributed by atoms with van der Waals surface area (Å²) in [6, 6.07) is 7.70. The summed E-state index contributed by atoms with van der Waals surface area (Å²) in [4.78, 5) is 32.8. The van der Waals surface area contributed by atoms with Crippen molar-refractivity contribution in [3.05, 3.63) is 41.0 Å². The van der Waals surface area contributed by atoms with Crippen molar-refractivity contribution in [1.29, 1.82) is 0 Å². The molecule has 0 radical (unpaired) electrons. The molecule has 0 aliphatic carbocycles. The average Bonchev–Trinajstić information content (AvgIpc) is 3.20. The Morgan fingerprint density at radius 2 is 1.93 bits per heavy atom. The van der Waals surface area contributed by atoms with Gasteiger partial charge >= 0.3 is 0 Å². The number of rotatable bonds is 6. The summed E-state index contributed by atoms with van der Waals surface area (Å²) < 4.78 is 5.19. The molecular formula is C21H28ClN5O3. The Bertz CT molecular complexity index is 885. The van der Waals surface area contributed by atoms with Gasteiger partial charge in [-0.15, -0.1) is 0 Å². The summed E-state index contributed by atoms with van der Waals surface area (Å²) in [5.41, 5.74) is 0.853. The van der Waals surface area contributed by atoms with Gasteiger partial charge < -0.3 is 19.6 Å². The third-order valence-corrected chi connectivity index (χ3v) is 5.18. The molecule has 2 amide bonds. The molecule has 3 rings (SSSR count). The van der Waals surface area contributed by atoms with Gasteiger partial charge in [0.05, 0.1) is 6.54 Å². The fourth-order valence-electron chi connectivity index (χ4n) is 3.14. The van der Waals surface area contributed by atoms with E-state index in [-0.39, 0.29) is 30.2 Å². The van der Waals surface area contributed by atoms with Crippen molar-refractivity contribution in [1.82, 2.24) is 20.4 Å². The number of nitrogens with zero attached hydrogens (tertiary/aromatic N) is 4. The van der Waals surface area contributed by atoms with Crippen molar-refractivity contribution < 1.29 is 14.1 Å². The van der Waals surface area contributed by atoms with Crippen LogP contribution in [0.25, 0.3) is 0 Å². The lowest BCUT2D eigenvalue weighted by atomic mass is 9.96. The molecule has 1 aliphatic heterocycles. The van der Waals surface area contributed by atoms with E-state index < -0.39 is 0 Å². The molecule has 1 fully saturated rings. The van der Waals surface area contributed by atoms with E-state index in [0.717, 1.165) is 18.8 Å². The van der Waals surface area contributed by atoms with Crippen molar-refractivity contribution in [2.75, 3.05) is 37.6 Å². The smallest absolute Gasteiger partial charge is 0.242 e. The molecule has 9 heteroatoms. The Labute approximate surface area is 181 Å². The van der Waals surface area contributed by atoms with Crippen LogP contribution in [0.3, 0.4) is 0 Å². The lowest BCUT2D eigenvalue weighted by Gasteiger charge is -2.36. The number of aryl methyl sites for hydroxylation is 1. The summed E-state index contributed by atoms with van der Waals surface area (Å²) in [7, 11) is 0. The van der Waals surface area contributed by atoms with Crippen LogP contribution in [0.2, 0.25) is 5.02 Å². The lowest BCUT2D eigenvalue weighted by Crippen LogP contribution is -2.51. The number of amides is 2. The number of hydrogen-bond acceptors (Lipinski definition) is 6. The summed E-state index contributed by atoms with van der Waals surface area (Å²) in [5.74, 6) is 0.752. The summed E-state index contributed by atoms with van der Waals surface area (Å²) in [6.07, 6.45) is 0.545. The topological polar surface area (TPSA) is 91.6 Å². The SMILES string of the molecule is CC(C)(C)c1noc(CCC(=O)NCC(=O)N2CCN(c3cccc(Cl)c3)CC2)n1. The molecule has 0 unspecified atom stereocenters. The third kappa shape index (κ3) is 5.95. The molecule has 0 atom stereocenters. The van der Waals surface area contributed by atoms with Gasteiger partial charge in [-0.05, 0) is 18.2 Å². The first kappa shape index (κ1) is 22.1. The number of piperazine rings is 1. The number of carbonyl (C=O) groups excluding carboxylic acids is 2. The molecule has 1 N–H and O–H groups in total. The molecule has 2 aromatic rings. The Hall–Kier alpha value is -2.61. The summed E-state index contributed by atoms with van der Waals surface area (Å²) >= 11 is 6.06. The van der Waals surface area contributed by atoms with Crippen LogP contribution in [0, 0.1) is 0 Å². The van der Waals surface area contributed by atoms with Crippen LogP contribution in [0.4, 0.5) is 5.69 Å². The standard InChI is InChI=1S/C21H28ClN5O3/c1-21(2,3)20-24-18(30-25-20)8-7-17(28)23-14-19(29)27-11-9-26(10-12-27)16-6-4-5-15(22)13-16/h4-6,13H,7-12,14H2,1-3H3,(H,23,28). The van der Waals surface area contributed by atoms with E-state index in [9.17, 15) is 9.59 Å². The molecule has 8 nitrogen and oxygen atoms in total. The number of halogens is 1. The first-order chi connectivity index (χ1) is 14.2.